The van der Waals surface area contributed by atoms with Crippen molar-refractivity contribution in [2.24, 2.45) is 0 Å². The van der Waals surface area contributed by atoms with Crippen LogP contribution in [0.15, 0.2) is 60.7 Å². The molecule has 0 aliphatic heterocycles. The minimum absolute atomic E-state index is 0.502. The van der Waals surface area contributed by atoms with Crippen molar-refractivity contribution >= 4 is 32.8 Å². The quantitative estimate of drug-likeness (QED) is 0.584. The summed E-state index contributed by atoms with van der Waals surface area (Å²) >= 11 is 0. The van der Waals surface area contributed by atoms with Crippen molar-refractivity contribution in [3.63, 3.8) is 0 Å². The Morgan fingerprint density at radius 3 is 1.45 bits per heavy atom. The SMILES string of the molecule is C[Si](C)(c1ccccc1)C(CC=O)[Si](C)(C)c1ccccc1. The summed E-state index contributed by atoms with van der Waals surface area (Å²) in [5, 5.41) is 3.42. The zero-order chi connectivity index (χ0) is 16.2. The van der Waals surface area contributed by atoms with Gasteiger partial charge in [-0.15, -0.1) is 0 Å². The van der Waals surface area contributed by atoms with Gasteiger partial charge in [-0.2, -0.15) is 0 Å². The molecule has 0 amide bonds. The molecule has 1 nitrogen and oxygen atoms in total. The van der Waals surface area contributed by atoms with E-state index in [9.17, 15) is 4.79 Å². The van der Waals surface area contributed by atoms with Crippen molar-refractivity contribution in [1.82, 2.24) is 0 Å². The first-order valence-electron chi connectivity index (χ1n) is 7.95. The van der Waals surface area contributed by atoms with Crippen molar-refractivity contribution in [2.75, 3.05) is 0 Å². The van der Waals surface area contributed by atoms with Gasteiger partial charge in [-0.3, -0.25) is 0 Å². The van der Waals surface area contributed by atoms with Gasteiger partial charge in [-0.25, -0.2) is 0 Å². The van der Waals surface area contributed by atoms with E-state index in [0.29, 0.717) is 11.6 Å². The number of aldehydes is 1. The van der Waals surface area contributed by atoms with E-state index in [2.05, 4.69) is 86.9 Å². The Hall–Kier alpha value is -1.46. The fraction of sp³-hybridized carbons (Fsp3) is 0.316. The predicted molar refractivity (Wildman–Crippen MR) is 102 cm³/mol. The highest BCUT2D eigenvalue weighted by Crippen LogP contribution is 2.34. The molecule has 0 spiro atoms. The molecule has 0 N–H and O–H groups in total. The first-order chi connectivity index (χ1) is 10.4. The van der Waals surface area contributed by atoms with Gasteiger partial charge in [0.2, 0.25) is 0 Å². The molecule has 0 saturated heterocycles. The maximum atomic E-state index is 11.4. The zero-order valence-electron chi connectivity index (χ0n) is 14.0. The molecule has 0 saturated carbocycles. The van der Waals surface area contributed by atoms with Crippen LogP contribution in [-0.4, -0.2) is 22.4 Å². The third-order valence-electron chi connectivity index (χ3n) is 5.11. The topological polar surface area (TPSA) is 17.1 Å². The highest BCUT2D eigenvalue weighted by atomic mass is 28.4. The standard InChI is InChI=1S/C19H26OSi2/c1-21(2,17-11-7-5-8-12-17)19(15-16-20)22(3,4)18-13-9-6-10-14-18/h5-14,16,19H,15H2,1-4H3. The fourth-order valence-electron chi connectivity index (χ4n) is 3.73. The second-order valence-corrected chi connectivity index (χ2v) is 17.1. The summed E-state index contributed by atoms with van der Waals surface area (Å²) < 4.78 is 0. The van der Waals surface area contributed by atoms with Gasteiger partial charge in [0.1, 0.15) is 6.29 Å². The normalized spacial score (nSPS) is 12.4. The van der Waals surface area contributed by atoms with E-state index < -0.39 is 16.1 Å². The first kappa shape index (κ1) is 16.9. The first-order valence-corrected chi connectivity index (χ1v) is 14.1. The Balaban J connectivity index is 2.48. The molecule has 2 aromatic carbocycles. The molecule has 0 atom stereocenters. The Labute approximate surface area is 136 Å². The molecular formula is C19H26OSi2. The molecule has 0 unspecified atom stereocenters. The van der Waals surface area contributed by atoms with E-state index in [1.807, 2.05) is 0 Å². The minimum atomic E-state index is -1.72. The molecule has 0 bridgehead atoms. The van der Waals surface area contributed by atoms with Crippen LogP contribution in [0.5, 0.6) is 0 Å². The van der Waals surface area contributed by atoms with Crippen LogP contribution in [0.2, 0.25) is 31.4 Å². The molecule has 0 aromatic heterocycles. The number of carbonyl (C=O) groups excluding carboxylic acids is 1. The smallest absolute Gasteiger partial charge is 0.119 e. The van der Waals surface area contributed by atoms with Crippen molar-refractivity contribution < 1.29 is 4.79 Å². The third-order valence-corrected chi connectivity index (χ3v) is 17.0. The van der Waals surface area contributed by atoms with E-state index in [1.54, 1.807) is 0 Å². The summed E-state index contributed by atoms with van der Waals surface area (Å²) in [6.07, 6.45) is 1.82. The number of carbonyl (C=O) groups is 1. The number of hydrogen-bond donors (Lipinski definition) is 0. The van der Waals surface area contributed by atoms with E-state index in [-0.39, 0.29) is 0 Å². The van der Waals surface area contributed by atoms with Crippen molar-refractivity contribution in [3.05, 3.63) is 60.7 Å². The van der Waals surface area contributed by atoms with Gasteiger partial charge < -0.3 is 4.79 Å². The average molecular weight is 327 g/mol. The van der Waals surface area contributed by atoms with Gasteiger partial charge in [0.05, 0.1) is 16.1 Å². The van der Waals surface area contributed by atoms with Gasteiger partial charge in [0, 0.05) is 6.42 Å². The second kappa shape index (κ2) is 6.75. The minimum Gasteiger partial charge on any atom is -0.303 e. The van der Waals surface area contributed by atoms with Gasteiger partial charge in [0.15, 0.2) is 0 Å². The largest absolute Gasteiger partial charge is 0.303 e. The van der Waals surface area contributed by atoms with Crippen LogP contribution in [0.1, 0.15) is 6.42 Å². The average Bonchev–Trinajstić information content (AvgIpc) is 2.54. The Kier molecular flexibility index (Phi) is 5.19. The molecular weight excluding hydrogens is 300 g/mol. The van der Waals surface area contributed by atoms with Crippen molar-refractivity contribution in [1.29, 1.82) is 0 Å². The molecule has 0 fully saturated rings. The Morgan fingerprint density at radius 2 is 1.14 bits per heavy atom. The third kappa shape index (κ3) is 3.31. The van der Waals surface area contributed by atoms with E-state index in [0.717, 1.165) is 6.29 Å². The lowest BCUT2D eigenvalue weighted by atomic mass is 10.4. The maximum absolute atomic E-state index is 11.4. The molecule has 0 aliphatic carbocycles. The van der Waals surface area contributed by atoms with Crippen LogP contribution < -0.4 is 10.4 Å². The number of hydrogen-bond acceptors (Lipinski definition) is 1. The predicted octanol–water partition coefficient (Wildman–Crippen LogP) is 3.72. The van der Waals surface area contributed by atoms with Crippen molar-refractivity contribution in [3.8, 4) is 0 Å². The van der Waals surface area contributed by atoms with Crippen LogP contribution in [0.25, 0.3) is 0 Å². The van der Waals surface area contributed by atoms with Gasteiger partial charge in [0.25, 0.3) is 0 Å². The van der Waals surface area contributed by atoms with Gasteiger partial charge in [-0.05, 0) is 5.16 Å². The lowest BCUT2D eigenvalue weighted by Crippen LogP contribution is -2.60. The summed E-state index contributed by atoms with van der Waals surface area (Å²) in [5.41, 5.74) is 0. The molecule has 3 heteroatoms. The van der Waals surface area contributed by atoms with Crippen LogP contribution >= 0.6 is 0 Å². The van der Waals surface area contributed by atoms with Crippen molar-refractivity contribution in [2.45, 2.75) is 37.8 Å². The molecule has 2 aromatic rings. The van der Waals surface area contributed by atoms with Gasteiger partial charge >= 0.3 is 0 Å². The molecule has 0 aliphatic rings. The zero-order valence-corrected chi connectivity index (χ0v) is 16.0. The summed E-state index contributed by atoms with van der Waals surface area (Å²) in [5.74, 6) is 0. The van der Waals surface area contributed by atoms with Crippen LogP contribution in [0, 0.1) is 0 Å². The summed E-state index contributed by atoms with van der Waals surface area (Å²) in [6, 6.07) is 21.6. The summed E-state index contributed by atoms with van der Waals surface area (Å²) in [7, 11) is -3.44. The van der Waals surface area contributed by atoms with Gasteiger partial charge in [-0.1, -0.05) is 97.2 Å². The molecule has 116 valence electrons. The van der Waals surface area contributed by atoms with E-state index >= 15 is 0 Å². The Bertz CT molecular complexity index is 554. The van der Waals surface area contributed by atoms with Crippen LogP contribution in [0.4, 0.5) is 0 Å². The summed E-state index contributed by atoms with van der Waals surface area (Å²) in [6.45, 7) is 9.70. The highest BCUT2D eigenvalue weighted by Gasteiger charge is 2.44. The van der Waals surface area contributed by atoms with E-state index in [4.69, 9.17) is 0 Å². The maximum Gasteiger partial charge on any atom is 0.119 e. The molecule has 0 heterocycles. The highest BCUT2D eigenvalue weighted by molar-refractivity contribution is 7.08. The molecule has 0 radical (unpaired) electrons. The summed E-state index contributed by atoms with van der Waals surface area (Å²) in [4.78, 5) is 11.4. The number of rotatable bonds is 6. The number of benzene rings is 2. The molecule has 2 rings (SSSR count). The van der Waals surface area contributed by atoms with Crippen LogP contribution in [0.3, 0.4) is 0 Å². The van der Waals surface area contributed by atoms with E-state index in [1.165, 1.54) is 10.4 Å². The lowest BCUT2D eigenvalue weighted by Gasteiger charge is -2.42. The Morgan fingerprint density at radius 1 is 0.773 bits per heavy atom. The monoisotopic (exact) mass is 326 g/mol. The second-order valence-electron chi connectivity index (χ2n) is 7.13. The fourth-order valence-corrected chi connectivity index (χ4v) is 16.2. The van der Waals surface area contributed by atoms with Crippen LogP contribution in [-0.2, 0) is 4.79 Å². The lowest BCUT2D eigenvalue weighted by molar-refractivity contribution is -0.107. The molecule has 22 heavy (non-hydrogen) atoms.